The van der Waals surface area contributed by atoms with Crippen LogP contribution in [0.4, 0.5) is 0 Å². The van der Waals surface area contributed by atoms with Gasteiger partial charge in [0.15, 0.2) is 5.78 Å². The Balaban J connectivity index is 2.20. The molecule has 1 aromatic heterocycles. The van der Waals surface area contributed by atoms with Crippen LogP contribution in [-0.2, 0) is 0 Å². The number of rotatable bonds is 2. The van der Waals surface area contributed by atoms with Crippen LogP contribution in [0.15, 0.2) is 54.9 Å². The number of aromatic nitrogens is 1. The fourth-order valence-electron chi connectivity index (χ4n) is 2.11. The number of carbonyl (C=O) groups is 1. The number of fused-ring (bicyclic) bond motifs is 1. The molecule has 98 valence electrons. The van der Waals surface area contributed by atoms with Gasteiger partial charge in [0.25, 0.3) is 0 Å². The summed E-state index contributed by atoms with van der Waals surface area (Å²) >= 11 is 8.14. The van der Waals surface area contributed by atoms with Gasteiger partial charge in [-0.15, -0.1) is 0 Å². The monoisotopic (exact) mass is 393 g/mol. The number of hydrogen-bond donors (Lipinski definition) is 0. The molecule has 0 amide bonds. The highest BCUT2D eigenvalue weighted by molar-refractivity contribution is 14.1. The molecule has 0 radical (unpaired) electrons. The number of halogens is 2. The van der Waals surface area contributed by atoms with E-state index >= 15 is 0 Å². The molecule has 0 bridgehead atoms. The van der Waals surface area contributed by atoms with Crippen LogP contribution >= 0.6 is 34.2 Å². The first kappa shape index (κ1) is 13.5. The van der Waals surface area contributed by atoms with Crippen molar-refractivity contribution in [3.8, 4) is 0 Å². The molecule has 0 aliphatic carbocycles. The van der Waals surface area contributed by atoms with E-state index in [4.69, 9.17) is 11.6 Å². The number of nitrogens with zero attached hydrogens (tertiary/aromatic N) is 1. The van der Waals surface area contributed by atoms with E-state index in [2.05, 4.69) is 27.6 Å². The van der Waals surface area contributed by atoms with Crippen molar-refractivity contribution in [1.82, 2.24) is 4.98 Å². The predicted molar refractivity (Wildman–Crippen MR) is 89.3 cm³/mol. The summed E-state index contributed by atoms with van der Waals surface area (Å²) in [6.45, 7) is 0. The summed E-state index contributed by atoms with van der Waals surface area (Å²) in [4.78, 5) is 16.9. The van der Waals surface area contributed by atoms with Crippen LogP contribution in [0.25, 0.3) is 10.8 Å². The lowest BCUT2D eigenvalue weighted by molar-refractivity contribution is 0.103. The topological polar surface area (TPSA) is 30.0 Å². The highest BCUT2D eigenvalue weighted by Crippen LogP contribution is 2.24. The highest BCUT2D eigenvalue weighted by atomic mass is 127. The van der Waals surface area contributed by atoms with Crippen molar-refractivity contribution >= 4 is 50.7 Å². The molecule has 2 aromatic carbocycles. The minimum atomic E-state index is -0.0544. The van der Waals surface area contributed by atoms with Gasteiger partial charge in [0.2, 0.25) is 0 Å². The SMILES string of the molecule is O=C(c1cc(Cl)ccc1I)c1cncc2ccccc12. The minimum Gasteiger partial charge on any atom is -0.288 e. The van der Waals surface area contributed by atoms with Gasteiger partial charge in [-0.25, -0.2) is 0 Å². The van der Waals surface area contributed by atoms with Gasteiger partial charge in [0.1, 0.15) is 0 Å². The van der Waals surface area contributed by atoms with Crippen molar-refractivity contribution in [3.63, 3.8) is 0 Å². The van der Waals surface area contributed by atoms with E-state index in [-0.39, 0.29) is 5.78 Å². The van der Waals surface area contributed by atoms with Crippen LogP contribution < -0.4 is 0 Å². The number of benzene rings is 2. The van der Waals surface area contributed by atoms with E-state index in [1.807, 2.05) is 30.3 Å². The maximum absolute atomic E-state index is 12.7. The number of hydrogen-bond acceptors (Lipinski definition) is 2. The molecular formula is C16H9ClINO. The van der Waals surface area contributed by atoms with Crippen LogP contribution in [0.5, 0.6) is 0 Å². The van der Waals surface area contributed by atoms with Crippen molar-refractivity contribution in [2.45, 2.75) is 0 Å². The van der Waals surface area contributed by atoms with Crippen molar-refractivity contribution in [2.75, 3.05) is 0 Å². The van der Waals surface area contributed by atoms with Gasteiger partial charge in [-0.1, -0.05) is 35.9 Å². The second-order valence-electron chi connectivity index (χ2n) is 4.36. The van der Waals surface area contributed by atoms with Crippen LogP contribution in [-0.4, -0.2) is 10.8 Å². The van der Waals surface area contributed by atoms with E-state index in [9.17, 15) is 4.79 Å². The fraction of sp³-hybridized carbons (Fsp3) is 0. The van der Waals surface area contributed by atoms with Gasteiger partial charge in [-0.3, -0.25) is 9.78 Å². The summed E-state index contributed by atoms with van der Waals surface area (Å²) in [6.07, 6.45) is 3.37. The van der Waals surface area contributed by atoms with Crippen LogP contribution in [0.1, 0.15) is 15.9 Å². The maximum atomic E-state index is 12.7. The Labute approximate surface area is 134 Å². The Morgan fingerprint density at radius 2 is 1.85 bits per heavy atom. The zero-order valence-corrected chi connectivity index (χ0v) is 13.2. The van der Waals surface area contributed by atoms with Crippen LogP contribution in [0, 0.1) is 3.57 Å². The van der Waals surface area contributed by atoms with Crippen LogP contribution in [0.3, 0.4) is 0 Å². The lowest BCUT2D eigenvalue weighted by Gasteiger charge is -2.07. The molecule has 0 N–H and O–H groups in total. The second kappa shape index (κ2) is 5.50. The molecule has 2 nitrogen and oxygen atoms in total. The average Bonchev–Trinajstić information content (AvgIpc) is 2.48. The normalized spacial score (nSPS) is 10.7. The minimum absolute atomic E-state index is 0.0544. The Morgan fingerprint density at radius 3 is 2.70 bits per heavy atom. The third kappa shape index (κ3) is 2.43. The Bertz CT molecular complexity index is 811. The number of ketones is 1. The van der Waals surface area contributed by atoms with Gasteiger partial charge >= 0.3 is 0 Å². The molecule has 0 aliphatic heterocycles. The van der Waals surface area contributed by atoms with Gasteiger partial charge in [0, 0.05) is 37.5 Å². The molecule has 0 spiro atoms. The van der Waals surface area contributed by atoms with Gasteiger partial charge in [0.05, 0.1) is 0 Å². The van der Waals surface area contributed by atoms with Crippen molar-refractivity contribution < 1.29 is 4.79 Å². The third-order valence-corrected chi connectivity index (χ3v) is 4.26. The molecular weight excluding hydrogens is 385 g/mol. The van der Waals surface area contributed by atoms with Gasteiger partial charge in [-0.2, -0.15) is 0 Å². The molecule has 0 unspecified atom stereocenters. The average molecular weight is 394 g/mol. The quantitative estimate of drug-likeness (QED) is 0.466. The van der Waals surface area contributed by atoms with Crippen molar-refractivity contribution in [2.24, 2.45) is 0 Å². The molecule has 0 fully saturated rings. The Hall–Kier alpha value is -1.46. The third-order valence-electron chi connectivity index (χ3n) is 3.09. The fourth-order valence-corrected chi connectivity index (χ4v) is 2.87. The number of pyridine rings is 1. The Kier molecular flexibility index (Phi) is 3.72. The standard InChI is InChI=1S/C16H9ClINO/c17-11-5-6-15(18)13(7-11)16(20)14-9-19-8-10-3-1-2-4-12(10)14/h1-9H. The second-order valence-corrected chi connectivity index (χ2v) is 5.96. The van der Waals surface area contributed by atoms with E-state index in [0.29, 0.717) is 16.1 Å². The summed E-state index contributed by atoms with van der Waals surface area (Å²) in [5.41, 5.74) is 1.21. The summed E-state index contributed by atoms with van der Waals surface area (Å²) in [6, 6.07) is 13.1. The summed E-state index contributed by atoms with van der Waals surface area (Å²) in [5.74, 6) is -0.0544. The lowest BCUT2D eigenvalue weighted by Crippen LogP contribution is -2.05. The zero-order chi connectivity index (χ0) is 14.1. The maximum Gasteiger partial charge on any atom is 0.196 e. The van der Waals surface area contributed by atoms with Gasteiger partial charge < -0.3 is 0 Å². The molecule has 0 saturated carbocycles. The lowest BCUT2D eigenvalue weighted by atomic mass is 10.00. The molecule has 3 rings (SSSR count). The largest absolute Gasteiger partial charge is 0.288 e. The predicted octanol–water partition coefficient (Wildman–Crippen LogP) is 4.72. The van der Waals surface area contributed by atoms with Crippen molar-refractivity contribution in [1.29, 1.82) is 0 Å². The van der Waals surface area contributed by atoms with E-state index in [1.54, 1.807) is 24.5 Å². The molecule has 20 heavy (non-hydrogen) atoms. The molecule has 4 heteroatoms. The summed E-state index contributed by atoms with van der Waals surface area (Å²) in [7, 11) is 0. The van der Waals surface area contributed by atoms with E-state index in [0.717, 1.165) is 14.3 Å². The molecule has 0 saturated heterocycles. The summed E-state index contributed by atoms with van der Waals surface area (Å²) in [5, 5.41) is 2.42. The smallest absolute Gasteiger partial charge is 0.196 e. The highest BCUT2D eigenvalue weighted by Gasteiger charge is 2.16. The first-order valence-electron chi connectivity index (χ1n) is 5.99. The van der Waals surface area contributed by atoms with Crippen molar-refractivity contribution in [3.05, 3.63) is 74.6 Å². The molecule has 1 heterocycles. The van der Waals surface area contributed by atoms with Crippen LogP contribution in [0.2, 0.25) is 5.02 Å². The molecule has 3 aromatic rings. The molecule has 0 aliphatic rings. The zero-order valence-electron chi connectivity index (χ0n) is 10.3. The van der Waals surface area contributed by atoms with E-state index < -0.39 is 0 Å². The summed E-state index contributed by atoms with van der Waals surface area (Å²) < 4.78 is 0.880. The Morgan fingerprint density at radius 1 is 1.05 bits per heavy atom. The van der Waals surface area contributed by atoms with E-state index in [1.165, 1.54) is 0 Å². The first-order chi connectivity index (χ1) is 9.66. The first-order valence-corrected chi connectivity index (χ1v) is 7.45. The molecule has 0 atom stereocenters. The number of carbonyl (C=O) groups excluding carboxylic acids is 1. The van der Waals surface area contributed by atoms with Gasteiger partial charge in [-0.05, 0) is 46.2 Å².